The molecule has 0 aromatic carbocycles. The van der Waals surface area contributed by atoms with E-state index in [2.05, 4.69) is 5.73 Å². The van der Waals surface area contributed by atoms with Gasteiger partial charge in [0.2, 0.25) is 5.91 Å². The first-order valence-electron chi connectivity index (χ1n) is 2.75. The average Bonchev–Trinajstić information content (AvgIpc) is 1.60. The molecule has 0 heterocycles. The van der Waals surface area contributed by atoms with Crippen LogP contribution in [0.5, 0.6) is 0 Å². The van der Waals surface area contributed by atoms with Gasteiger partial charge in [0.15, 0.2) is 0 Å². The third-order valence-corrected chi connectivity index (χ3v) is 1.15. The van der Waals surface area contributed by atoms with Gasteiger partial charge in [-0.15, -0.1) is 0 Å². The number of hydrogen-bond acceptors (Lipinski definition) is 1. The first-order valence-corrected chi connectivity index (χ1v) is 2.75. The van der Waals surface area contributed by atoms with E-state index in [1.165, 1.54) is 6.92 Å². The number of alkyl halides is 3. The van der Waals surface area contributed by atoms with Crippen molar-refractivity contribution in [3.8, 4) is 0 Å². The molecular weight excluding hydrogens is 147 g/mol. The van der Waals surface area contributed by atoms with Crippen molar-refractivity contribution in [3.05, 3.63) is 0 Å². The van der Waals surface area contributed by atoms with Crippen LogP contribution in [0, 0.1) is 5.92 Å². The molecule has 5 heteroatoms. The van der Waals surface area contributed by atoms with Gasteiger partial charge in [-0.1, -0.05) is 6.92 Å². The molecule has 0 bridgehead atoms. The third-order valence-electron chi connectivity index (χ3n) is 1.15. The number of halogens is 3. The Morgan fingerprint density at radius 2 is 2.00 bits per heavy atom. The lowest BCUT2D eigenvalue weighted by atomic mass is 10.1. The first-order chi connectivity index (χ1) is 4.39. The Labute approximate surface area is 56.2 Å². The number of hydrogen-bond donors (Lipinski definition) is 1. The van der Waals surface area contributed by atoms with E-state index in [9.17, 15) is 18.0 Å². The molecule has 0 aromatic heterocycles. The molecule has 0 unspecified atom stereocenters. The number of carbonyl (C=O) groups is 1. The normalized spacial score (nSPS) is 14.8. The zero-order chi connectivity index (χ0) is 8.36. The summed E-state index contributed by atoms with van der Waals surface area (Å²) < 4.78 is 35.0. The predicted molar refractivity (Wildman–Crippen MR) is 29.0 cm³/mol. The zero-order valence-corrected chi connectivity index (χ0v) is 5.40. The molecule has 0 aliphatic heterocycles. The van der Waals surface area contributed by atoms with Gasteiger partial charge in [0.05, 0.1) is 0 Å². The van der Waals surface area contributed by atoms with E-state index in [4.69, 9.17) is 0 Å². The smallest absolute Gasteiger partial charge is 0.369 e. The maximum absolute atomic E-state index is 11.7. The molecule has 0 aliphatic rings. The van der Waals surface area contributed by atoms with E-state index in [0.29, 0.717) is 0 Å². The summed E-state index contributed by atoms with van der Waals surface area (Å²) in [6.45, 7) is 1.27. The van der Waals surface area contributed by atoms with Crippen LogP contribution in [0.3, 0.4) is 0 Å². The maximum atomic E-state index is 11.7. The molecule has 10 heavy (non-hydrogen) atoms. The Hall–Kier alpha value is -0.740. The molecule has 1 amide bonds. The minimum Gasteiger partial charge on any atom is -0.369 e. The summed E-state index contributed by atoms with van der Waals surface area (Å²) in [5, 5.41) is 0. The van der Waals surface area contributed by atoms with Crippen molar-refractivity contribution in [2.45, 2.75) is 19.5 Å². The van der Waals surface area contributed by atoms with Crippen molar-refractivity contribution in [3.63, 3.8) is 0 Å². The van der Waals surface area contributed by atoms with Crippen molar-refractivity contribution in [2.75, 3.05) is 0 Å². The minimum atomic E-state index is -4.49. The molecular formula is C5H8F3NO. The standard InChI is InChI=1S/C5H8F3NO/c1-2-3(4(9)10)5(6,7)8/h3H,2H2,1H3,(H2,9,10)/t3-/m0/s1. The topological polar surface area (TPSA) is 43.1 Å². The van der Waals surface area contributed by atoms with Crippen LogP contribution in [-0.2, 0) is 4.79 Å². The average molecular weight is 155 g/mol. The first kappa shape index (κ1) is 9.26. The summed E-state index contributed by atoms with van der Waals surface area (Å²) in [4.78, 5) is 10.1. The quantitative estimate of drug-likeness (QED) is 0.636. The highest BCUT2D eigenvalue weighted by atomic mass is 19.4. The van der Waals surface area contributed by atoms with E-state index < -0.39 is 18.0 Å². The second-order valence-corrected chi connectivity index (χ2v) is 1.90. The van der Waals surface area contributed by atoms with Gasteiger partial charge in [0.1, 0.15) is 5.92 Å². The molecule has 0 fully saturated rings. The number of primary amides is 1. The highest BCUT2D eigenvalue weighted by molar-refractivity contribution is 5.77. The molecule has 0 rings (SSSR count). The van der Waals surface area contributed by atoms with E-state index in [1.807, 2.05) is 0 Å². The van der Waals surface area contributed by atoms with Crippen LogP contribution < -0.4 is 5.73 Å². The summed E-state index contributed by atoms with van der Waals surface area (Å²) in [6.07, 6.45) is -4.78. The summed E-state index contributed by atoms with van der Waals surface area (Å²) in [5.74, 6) is -3.30. The van der Waals surface area contributed by atoms with Gasteiger partial charge < -0.3 is 5.73 Å². The van der Waals surface area contributed by atoms with Gasteiger partial charge in [-0.3, -0.25) is 4.79 Å². The van der Waals surface area contributed by atoms with Gasteiger partial charge in [0, 0.05) is 0 Å². The molecule has 0 spiro atoms. The van der Waals surface area contributed by atoms with Crippen LogP contribution in [-0.4, -0.2) is 12.1 Å². The fourth-order valence-corrected chi connectivity index (χ4v) is 0.594. The lowest BCUT2D eigenvalue weighted by molar-refractivity contribution is -0.181. The van der Waals surface area contributed by atoms with E-state index in [1.54, 1.807) is 0 Å². The Bertz CT molecular complexity index is 131. The minimum absolute atomic E-state index is 0.293. The second kappa shape index (κ2) is 2.90. The monoisotopic (exact) mass is 155 g/mol. The van der Waals surface area contributed by atoms with E-state index in [-0.39, 0.29) is 6.42 Å². The van der Waals surface area contributed by atoms with Crippen molar-refractivity contribution in [1.29, 1.82) is 0 Å². The van der Waals surface area contributed by atoms with Gasteiger partial charge in [-0.25, -0.2) is 0 Å². The number of nitrogens with two attached hydrogens (primary N) is 1. The van der Waals surface area contributed by atoms with E-state index >= 15 is 0 Å². The summed E-state index contributed by atoms with van der Waals surface area (Å²) in [5.41, 5.74) is 4.47. The van der Waals surface area contributed by atoms with Crippen molar-refractivity contribution in [1.82, 2.24) is 0 Å². The Balaban J connectivity index is 4.22. The fourth-order valence-electron chi connectivity index (χ4n) is 0.594. The van der Waals surface area contributed by atoms with Crippen LogP contribution >= 0.6 is 0 Å². The Kier molecular flexibility index (Phi) is 2.68. The van der Waals surface area contributed by atoms with Crippen LogP contribution in [0.2, 0.25) is 0 Å². The highest BCUT2D eigenvalue weighted by Crippen LogP contribution is 2.27. The van der Waals surface area contributed by atoms with Crippen LogP contribution in [0.15, 0.2) is 0 Å². The highest BCUT2D eigenvalue weighted by Gasteiger charge is 2.42. The molecule has 0 saturated heterocycles. The number of amides is 1. The summed E-state index contributed by atoms with van der Waals surface area (Å²) in [6, 6.07) is 0. The SMILES string of the molecule is CC[C@@H](C(N)=O)C(F)(F)F. The van der Waals surface area contributed by atoms with Crippen LogP contribution in [0.25, 0.3) is 0 Å². The molecule has 2 N–H and O–H groups in total. The lowest BCUT2D eigenvalue weighted by Gasteiger charge is -2.13. The summed E-state index contributed by atoms with van der Waals surface area (Å²) >= 11 is 0. The van der Waals surface area contributed by atoms with Gasteiger partial charge in [-0.2, -0.15) is 13.2 Å². The van der Waals surface area contributed by atoms with Gasteiger partial charge in [0.25, 0.3) is 0 Å². The number of carbonyl (C=O) groups excluding carboxylic acids is 1. The lowest BCUT2D eigenvalue weighted by Crippen LogP contribution is -2.34. The predicted octanol–water partition coefficient (Wildman–Crippen LogP) is 1.06. The molecule has 2 nitrogen and oxygen atoms in total. The van der Waals surface area contributed by atoms with Crippen molar-refractivity contribution in [2.24, 2.45) is 11.7 Å². The molecule has 60 valence electrons. The van der Waals surface area contributed by atoms with Gasteiger partial charge >= 0.3 is 6.18 Å². The molecule has 0 radical (unpaired) electrons. The van der Waals surface area contributed by atoms with Crippen LogP contribution in [0.4, 0.5) is 13.2 Å². The second-order valence-electron chi connectivity index (χ2n) is 1.90. The van der Waals surface area contributed by atoms with Crippen molar-refractivity contribution < 1.29 is 18.0 Å². The van der Waals surface area contributed by atoms with E-state index in [0.717, 1.165) is 0 Å². The largest absolute Gasteiger partial charge is 0.400 e. The molecule has 0 saturated carbocycles. The maximum Gasteiger partial charge on any atom is 0.400 e. The van der Waals surface area contributed by atoms with Gasteiger partial charge in [-0.05, 0) is 6.42 Å². The van der Waals surface area contributed by atoms with Crippen LogP contribution in [0.1, 0.15) is 13.3 Å². The zero-order valence-electron chi connectivity index (χ0n) is 5.40. The van der Waals surface area contributed by atoms with Crippen molar-refractivity contribution >= 4 is 5.91 Å². The third kappa shape index (κ3) is 2.24. The number of rotatable bonds is 2. The molecule has 0 aromatic rings. The molecule has 0 aliphatic carbocycles. The Morgan fingerprint density at radius 1 is 1.60 bits per heavy atom. The Morgan fingerprint density at radius 3 is 2.00 bits per heavy atom. The summed E-state index contributed by atoms with van der Waals surface area (Å²) in [7, 11) is 0. The fraction of sp³-hybridized carbons (Fsp3) is 0.800. The molecule has 1 atom stereocenters.